The predicted octanol–water partition coefficient (Wildman–Crippen LogP) is 4.15. The summed E-state index contributed by atoms with van der Waals surface area (Å²) in [7, 11) is 0. The molecule has 4 nitrogen and oxygen atoms in total. The van der Waals surface area contributed by atoms with Gasteiger partial charge in [0.1, 0.15) is 0 Å². The van der Waals surface area contributed by atoms with E-state index in [2.05, 4.69) is 31.4 Å². The van der Waals surface area contributed by atoms with Gasteiger partial charge in [-0.3, -0.25) is 9.89 Å². The van der Waals surface area contributed by atoms with Crippen LogP contribution in [0.4, 0.5) is 5.69 Å². The second-order valence-corrected chi connectivity index (χ2v) is 5.97. The van der Waals surface area contributed by atoms with Crippen molar-refractivity contribution in [2.75, 3.05) is 5.32 Å². The van der Waals surface area contributed by atoms with Crippen LogP contribution in [0.25, 0.3) is 10.6 Å². The minimum absolute atomic E-state index is 0.230. The van der Waals surface area contributed by atoms with Crippen LogP contribution < -0.4 is 5.32 Å². The third-order valence-electron chi connectivity index (χ3n) is 2.70. The van der Waals surface area contributed by atoms with Gasteiger partial charge in [-0.2, -0.15) is 5.10 Å². The van der Waals surface area contributed by atoms with E-state index in [0.717, 1.165) is 20.7 Å². The molecule has 1 aromatic carbocycles. The fourth-order valence-corrected chi connectivity index (χ4v) is 2.68. The van der Waals surface area contributed by atoms with Crippen LogP contribution >= 0.6 is 27.3 Å². The fraction of sp³-hybridized carbons (Fsp3) is 0. The number of carbonyl (C=O) groups is 1. The van der Waals surface area contributed by atoms with Crippen LogP contribution in [-0.2, 0) is 0 Å². The highest BCUT2D eigenvalue weighted by atomic mass is 79.9. The molecule has 0 unspecified atom stereocenters. The molecule has 3 aromatic rings. The SMILES string of the molecule is O=C(Nc1ccc(Br)cc1)c1cc(-c2cccs2)[nH]n1. The number of hydrogen-bond donors (Lipinski definition) is 2. The number of hydrogen-bond acceptors (Lipinski definition) is 3. The normalized spacial score (nSPS) is 10.4. The Morgan fingerprint density at radius 2 is 2.05 bits per heavy atom. The Hall–Kier alpha value is -1.92. The minimum Gasteiger partial charge on any atom is -0.321 e. The molecule has 0 fully saturated rings. The van der Waals surface area contributed by atoms with Gasteiger partial charge in [-0.15, -0.1) is 11.3 Å². The smallest absolute Gasteiger partial charge is 0.276 e. The zero-order valence-electron chi connectivity index (χ0n) is 10.3. The summed E-state index contributed by atoms with van der Waals surface area (Å²) in [5.41, 5.74) is 1.95. The Balaban J connectivity index is 1.76. The lowest BCUT2D eigenvalue weighted by Crippen LogP contribution is -2.12. The van der Waals surface area contributed by atoms with Gasteiger partial charge in [0.2, 0.25) is 0 Å². The maximum atomic E-state index is 12.1. The van der Waals surface area contributed by atoms with Crippen LogP contribution in [0.2, 0.25) is 0 Å². The number of rotatable bonds is 3. The first kappa shape index (κ1) is 13.1. The summed E-state index contributed by atoms with van der Waals surface area (Å²) in [6, 6.07) is 13.1. The van der Waals surface area contributed by atoms with Gasteiger partial charge < -0.3 is 5.32 Å². The number of amides is 1. The standard InChI is InChI=1S/C14H10BrN3OS/c15-9-3-5-10(6-4-9)16-14(19)12-8-11(17-18-12)13-2-1-7-20-13/h1-8H,(H,16,19)(H,17,18). The van der Waals surface area contributed by atoms with E-state index in [9.17, 15) is 4.79 Å². The topological polar surface area (TPSA) is 57.8 Å². The molecule has 0 aliphatic heterocycles. The molecule has 2 N–H and O–H groups in total. The summed E-state index contributed by atoms with van der Waals surface area (Å²) in [5.74, 6) is -0.230. The van der Waals surface area contributed by atoms with Gasteiger partial charge in [0.05, 0.1) is 10.6 Å². The number of halogens is 1. The van der Waals surface area contributed by atoms with Crippen LogP contribution in [0.15, 0.2) is 52.3 Å². The van der Waals surface area contributed by atoms with Crippen molar-refractivity contribution < 1.29 is 4.79 Å². The Bertz CT molecular complexity index is 719. The van der Waals surface area contributed by atoms with E-state index in [1.54, 1.807) is 17.4 Å². The third-order valence-corrected chi connectivity index (χ3v) is 4.13. The quantitative estimate of drug-likeness (QED) is 0.747. The van der Waals surface area contributed by atoms with Gasteiger partial charge in [0.15, 0.2) is 5.69 Å². The molecule has 2 heterocycles. The number of anilines is 1. The van der Waals surface area contributed by atoms with E-state index in [1.165, 1.54) is 0 Å². The lowest BCUT2D eigenvalue weighted by molar-refractivity contribution is 0.102. The van der Waals surface area contributed by atoms with E-state index < -0.39 is 0 Å². The maximum absolute atomic E-state index is 12.1. The average molecular weight is 348 g/mol. The molecule has 0 saturated carbocycles. The predicted molar refractivity (Wildman–Crippen MR) is 84.0 cm³/mol. The zero-order chi connectivity index (χ0) is 13.9. The van der Waals surface area contributed by atoms with Gasteiger partial charge in [0, 0.05) is 10.2 Å². The Kier molecular flexibility index (Phi) is 3.66. The highest BCUT2D eigenvalue weighted by Gasteiger charge is 2.12. The lowest BCUT2D eigenvalue weighted by Gasteiger charge is -2.02. The average Bonchev–Trinajstić information content (AvgIpc) is 3.11. The van der Waals surface area contributed by atoms with Crippen molar-refractivity contribution in [3.05, 3.63) is 58.0 Å². The Labute approximate surface area is 128 Å². The second-order valence-electron chi connectivity index (χ2n) is 4.11. The van der Waals surface area contributed by atoms with E-state index in [0.29, 0.717) is 5.69 Å². The first-order chi connectivity index (χ1) is 9.72. The molecule has 0 saturated heterocycles. The van der Waals surface area contributed by atoms with Crippen molar-refractivity contribution in [2.45, 2.75) is 0 Å². The molecule has 1 amide bonds. The molecule has 0 aliphatic carbocycles. The van der Waals surface area contributed by atoms with Crippen LogP contribution in [0, 0.1) is 0 Å². The summed E-state index contributed by atoms with van der Waals surface area (Å²) in [6.45, 7) is 0. The first-order valence-corrected chi connectivity index (χ1v) is 7.56. The van der Waals surface area contributed by atoms with E-state index in [-0.39, 0.29) is 5.91 Å². The number of benzene rings is 1. The van der Waals surface area contributed by atoms with Crippen molar-refractivity contribution in [3.8, 4) is 10.6 Å². The number of thiophene rings is 1. The number of aromatic nitrogens is 2. The fourth-order valence-electron chi connectivity index (χ4n) is 1.72. The number of aromatic amines is 1. The molecule has 3 rings (SSSR count). The number of nitrogens with one attached hydrogen (secondary N) is 2. The minimum atomic E-state index is -0.230. The summed E-state index contributed by atoms with van der Waals surface area (Å²) in [5, 5.41) is 11.7. The molecular formula is C14H10BrN3OS. The van der Waals surface area contributed by atoms with Crippen LogP contribution in [0.3, 0.4) is 0 Å². The second kappa shape index (κ2) is 5.60. The van der Waals surface area contributed by atoms with Crippen molar-refractivity contribution in [1.82, 2.24) is 10.2 Å². The van der Waals surface area contributed by atoms with Crippen LogP contribution in [-0.4, -0.2) is 16.1 Å². The largest absolute Gasteiger partial charge is 0.321 e. The van der Waals surface area contributed by atoms with Crippen molar-refractivity contribution in [1.29, 1.82) is 0 Å². The van der Waals surface area contributed by atoms with E-state index in [1.807, 2.05) is 41.8 Å². The molecule has 6 heteroatoms. The van der Waals surface area contributed by atoms with Crippen molar-refractivity contribution in [3.63, 3.8) is 0 Å². The lowest BCUT2D eigenvalue weighted by atomic mass is 10.3. The Morgan fingerprint density at radius 3 is 2.75 bits per heavy atom. The van der Waals surface area contributed by atoms with Crippen LogP contribution in [0.1, 0.15) is 10.5 Å². The summed E-state index contributed by atoms with van der Waals surface area (Å²) in [4.78, 5) is 13.1. The molecule has 20 heavy (non-hydrogen) atoms. The number of carbonyl (C=O) groups excluding carboxylic acids is 1. The van der Waals surface area contributed by atoms with Gasteiger partial charge in [-0.1, -0.05) is 22.0 Å². The molecular weight excluding hydrogens is 338 g/mol. The molecule has 2 aromatic heterocycles. The van der Waals surface area contributed by atoms with Gasteiger partial charge in [-0.25, -0.2) is 0 Å². The number of nitrogens with zero attached hydrogens (tertiary/aromatic N) is 1. The van der Waals surface area contributed by atoms with Crippen molar-refractivity contribution >= 4 is 38.9 Å². The van der Waals surface area contributed by atoms with Crippen molar-refractivity contribution in [2.24, 2.45) is 0 Å². The maximum Gasteiger partial charge on any atom is 0.276 e. The third kappa shape index (κ3) is 2.81. The number of H-pyrrole nitrogens is 1. The van der Waals surface area contributed by atoms with E-state index in [4.69, 9.17) is 0 Å². The Morgan fingerprint density at radius 1 is 1.25 bits per heavy atom. The summed E-state index contributed by atoms with van der Waals surface area (Å²) >= 11 is 4.95. The molecule has 0 spiro atoms. The van der Waals surface area contributed by atoms with Gasteiger partial charge in [-0.05, 0) is 41.8 Å². The summed E-state index contributed by atoms with van der Waals surface area (Å²) < 4.78 is 0.968. The van der Waals surface area contributed by atoms with E-state index >= 15 is 0 Å². The van der Waals surface area contributed by atoms with Gasteiger partial charge >= 0.3 is 0 Å². The monoisotopic (exact) mass is 347 g/mol. The molecule has 0 bridgehead atoms. The van der Waals surface area contributed by atoms with Gasteiger partial charge in [0.25, 0.3) is 5.91 Å². The molecule has 0 radical (unpaired) electrons. The van der Waals surface area contributed by atoms with Crippen LogP contribution in [0.5, 0.6) is 0 Å². The summed E-state index contributed by atoms with van der Waals surface area (Å²) in [6.07, 6.45) is 0. The molecule has 0 atom stereocenters. The first-order valence-electron chi connectivity index (χ1n) is 5.88. The highest BCUT2D eigenvalue weighted by Crippen LogP contribution is 2.23. The zero-order valence-corrected chi connectivity index (χ0v) is 12.7. The molecule has 100 valence electrons. The highest BCUT2D eigenvalue weighted by molar-refractivity contribution is 9.10. The molecule has 0 aliphatic rings.